The highest BCUT2D eigenvalue weighted by atomic mass is 79.9. The summed E-state index contributed by atoms with van der Waals surface area (Å²) >= 11 is 0. The lowest BCUT2D eigenvalue weighted by Gasteiger charge is -2.27. The van der Waals surface area contributed by atoms with E-state index in [2.05, 4.69) is 96.1 Å². The van der Waals surface area contributed by atoms with Crippen LogP contribution in [0.25, 0.3) is 0 Å². The normalized spacial score (nSPS) is 14.0. The van der Waals surface area contributed by atoms with Crippen molar-refractivity contribution in [3.8, 4) is 0 Å². The van der Waals surface area contributed by atoms with E-state index in [0.717, 1.165) is 0 Å². The first kappa shape index (κ1) is 17.4. The molecule has 3 aromatic carbocycles. The fraction of sp³-hybridized carbons (Fsp3) is 0.143. The van der Waals surface area contributed by atoms with Gasteiger partial charge < -0.3 is 17.0 Å². The van der Waals surface area contributed by atoms with E-state index < -0.39 is 7.41 Å². The molecule has 3 aromatic rings. The first-order valence-corrected chi connectivity index (χ1v) is 10.0. The maximum atomic E-state index is 4.06. The molecule has 0 bridgehead atoms. The molecule has 0 spiro atoms. The van der Waals surface area contributed by atoms with E-state index in [1.165, 1.54) is 28.8 Å². The topological polar surface area (TPSA) is 12.0 Å². The lowest BCUT2D eigenvalue weighted by Crippen LogP contribution is -3.00. The zero-order valence-electron chi connectivity index (χ0n) is 13.5. The molecule has 0 aromatic heterocycles. The van der Waals surface area contributed by atoms with Gasteiger partial charge in [0.05, 0.1) is 0 Å². The quantitative estimate of drug-likeness (QED) is 0.623. The van der Waals surface area contributed by atoms with Gasteiger partial charge in [0.1, 0.15) is 15.9 Å². The second kappa shape index (κ2) is 7.61. The number of rotatable bonds is 5. The Balaban J connectivity index is 0.00000169. The lowest BCUT2D eigenvalue weighted by atomic mass is 10.4. The highest BCUT2D eigenvalue weighted by Crippen LogP contribution is 2.53. The summed E-state index contributed by atoms with van der Waals surface area (Å²) in [6.07, 6.45) is 2.57. The van der Waals surface area contributed by atoms with Gasteiger partial charge in [-0.15, -0.1) is 0 Å². The molecule has 4 rings (SSSR count). The van der Waals surface area contributed by atoms with Gasteiger partial charge in [-0.2, -0.15) is 5.09 Å². The van der Waals surface area contributed by atoms with Gasteiger partial charge in [0.25, 0.3) is 0 Å². The Morgan fingerprint density at radius 3 is 1.21 bits per heavy atom. The predicted molar refractivity (Wildman–Crippen MR) is 101 cm³/mol. The molecular weight excluding hydrogens is 377 g/mol. The molecule has 1 N–H and O–H groups in total. The molecule has 0 heterocycles. The standard InChI is InChI=1S/C21H21NP.BrH/c1-4-10-19(11-5-1)23(22-18-16-17-18,20-12-6-2-7-13-20)21-14-8-3-9-15-21;/h1-15,18,22H,16-17H2;1H/q+1;/p-1. The summed E-state index contributed by atoms with van der Waals surface area (Å²) < 4.78 is 0. The van der Waals surface area contributed by atoms with Crippen LogP contribution in [0.4, 0.5) is 0 Å². The van der Waals surface area contributed by atoms with Crippen molar-refractivity contribution in [2.75, 3.05) is 0 Å². The second-order valence-corrected chi connectivity index (χ2v) is 9.23. The minimum atomic E-state index is -1.80. The van der Waals surface area contributed by atoms with E-state index in [9.17, 15) is 0 Å². The SMILES string of the molecule is [Br-].c1ccc([P+](NC2CC2)(c2ccccc2)c2ccccc2)cc1. The van der Waals surface area contributed by atoms with Gasteiger partial charge >= 0.3 is 0 Å². The summed E-state index contributed by atoms with van der Waals surface area (Å²) in [5.41, 5.74) is 0. The molecule has 1 nitrogen and oxygen atoms in total. The maximum Gasteiger partial charge on any atom is 0.178 e. The summed E-state index contributed by atoms with van der Waals surface area (Å²) in [5.74, 6) is 0. The molecule has 1 fully saturated rings. The Bertz CT molecular complexity index is 661. The van der Waals surface area contributed by atoms with Crippen molar-refractivity contribution in [3.05, 3.63) is 91.0 Å². The molecule has 1 aliphatic rings. The van der Waals surface area contributed by atoms with Crippen LogP contribution in [0.2, 0.25) is 0 Å². The number of hydrogen-bond donors (Lipinski definition) is 1. The molecule has 0 atom stereocenters. The zero-order chi connectivity index (χ0) is 15.5. The molecule has 122 valence electrons. The van der Waals surface area contributed by atoms with E-state index in [1.54, 1.807) is 0 Å². The molecule has 0 radical (unpaired) electrons. The van der Waals surface area contributed by atoms with Gasteiger partial charge in [-0.25, -0.2) is 0 Å². The van der Waals surface area contributed by atoms with Crippen LogP contribution in [0, 0.1) is 0 Å². The van der Waals surface area contributed by atoms with E-state index >= 15 is 0 Å². The van der Waals surface area contributed by atoms with Crippen molar-refractivity contribution in [1.82, 2.24) is 5.09 Å². The van der Waals surface area contributed by atoms with Gasteiger partial charge in [-0.3, -0.25) is 0 Å². The minimum Gasteiger partial charge on any atom is -1.00 e. The van der Waals surface area contributed by atoms with Crippen molar-refractivity contribution >= 4 is 23.3 Å². The summed E-state index contributed by atoms with van der Waals surface area (Å²) in [4.78, 5) is 0. The Hall–Kier alpha value is -1.47. The highest BCUT2D eigenvalue weighted by molar-refractivity contribution is 7.94. The Labute approximate surface area is 155 Å². The maximum absolute atomic E-state index is 4.06. The third kappa shape index (κ3) is 3.32. The molecule has 1 saturated carbocycles. The van der Waals surface area contributed by atoms with E-state index in [1.807, 2.05) is 0 Å². The number of benzene rings is 3. The molecule has 24 heavy (non-hydrogen) atoms. The molecule has 0 aliphatic heterocycles. The molecule has 0 saturated heterocycles. The number of nitrogens with one attached hydrogen (secondary N) is 1. The van der Waals surface area contributed by atoms with Gasteiger partial charge in [0.2, 0.25) is 0 Å². The van der Waals surface area contributed by atoms with E-state index in [0.29, 0.717) is 6.04 Å². The van der Waals surface area contributed by atoms with Gasteiger partial charge in [-0.1, -0.05) is 54.6 Å². The van der Waals surface area contributed by atoms with E-state index in [4.69, 9.17) is 0 Å². The molecule has 0 unspecified atom stereocenters. The van der Waals surface area contributed by atoms with Crippen molar-refractivity contribution < 1.29 is 17.0 Å². The van der Waals surface area contributed by atoms with Gasteiger partial charge in [-0.05, 0) is 49.2 Å². The summed E-state index contributed by atoms with van der Waals surface area (Å²) in [6.45, 7) is 0. The summed E-state index contributed by atoms with van der Waals surface area (Å²) in [7, 11) is -1.80. The fourth-order valence-electron chi connectivity index (χ4n) is 3.11. The highest BCUT2D eigenvalue weighted by Gasteiger charge is 2.49. The zero-order valence-corrected chi connectivity index (χ0v) is 16.0. The van der Waals surface area contributed by atoms with Crippen molar-refractivity contribution in [2.24, 2.45) is 0 Å². The van der Waals surface area contributed by atoms with Crippen LogP contribution in [-0.2, 0) is 0 Å². The van der Waals surface area contributed by atoms with Crippen molar-refractivity contribution in [2.45, 2.75) is 18.9 Å². The smallest absolute Gasteiger partial charge is 0.178 e. The molecular formula is C21H21BrNP. The number of hydrogen-bond acceptors (Lipinski definition) is 1. The Kier molecular flexibility index (Phi) is 5.50. The van der Waals surface area contributed by atoms with E-state index in [-0.39, 0.29) is 17.0 Å². The third-order valence-corrected chi connectivity index (χ3v) is 8.35. The average molecular weight is 398 g/mol. The predicted octanol–water partition coefficient (Wildman–Crippen LogP) is 0.652. The summed E-state index contributed by atoms with van der Waals surface area (Å²) in [6, 6.07) is 33.6. The molecule has 0 amide bonds. The van der Waals surface area contributed by atoms with Gasteiger partial charge in [0, 0.05) is 6.04 Å². The van der Waals surface area contributed by atoms with Crippen LogP contribution >= 0.6 is 7.41 Å². The molecule has 3 heteroatoms. The van der Waals surface area contributed by atoms with Crippen LogP contribution in [-0.4, -0.2) is 6.04 Å². The van der Waals surface area contributed by atoms with Crippen LogP contribution < -0.4 is 38.0 Å². The monoisotopic (exact) mass is 397 g/mol. The van der Waals surface area contributed by atoms with Crippen LogP contribution in [0.5, 0.6) is 0 Å². The fourth-order valence-corrected chi connectivity index (χ4v) is 7.12. The van der Waals surface area contributed by atoms with Crippen molar-refractivity contribution in [1.29, 1.82) is 0 Å². The first-order chi connectivity index (χ1) is 11.4. The van der Waals surface area contributed by atoms with Crippen molar-refractivity contribution in [3.63, 3.8) is 0 Å². The number of halogens is 1. The third-order valence-electron chi connectivity index (χ3n) is 4.38. The summed E-state index contributed by atoms with van der Waals surface area (Å²) in [5, 5.41) is 8.28. The first-order valence-electron chi connectivity index (χ1n) is 8.23. The molecule has 1 aliphatic carbocycles. The van der Waals surface area contributed by atoms with Crippen LogP contribution in [0.15, 0.2) is 91.0 Å². The van der Waals surface area contributed by atoms with Gasteiger partial charge in [0.15, 0.2) is 7.41 Å². The van der Waals surface area contributed by atoms with Crippen LogP contribution in [0.1, 0.15) is 12.8 Å². The average Bonchev–Trinajstić information content (AvgIpc) is 3.46. The minimum absolute atomic E-state index is 0. The lowest BCUT2D eigenvalue weighted by molar-refractivity contribution is -0.00000456. The Morgan fingerprint density at radius 2 is 0.917 bits per heavy atom. The largest absolute Gasteiger partial charge is 1.00 e. The second-order valence-electron chi connectivity index (χ2n) is 6.08. The Morgan fingerprint density at radius 1 is 0.583 bits per heavy atom. The van der Waals surface area contributed by atoms with Crippen LogP contribution in [0.3, 0.4) is 0 Å².